The van der Waals surface area contributed by atoms with Gasteiger partial charge >= 0.3 is 0 Å². The first kappa shape index (κ1) is 21.9. The van der Waals surface area contributed by atoms with E-state index in [1.54, 1.807) is 14.0 Å². The summed E-state index contributed by atoms with van der Waals surface area (Å²) in [6.07, 6.45) is 1.94. The Morgan fingerprint density at radius 2 is 1.80 bits per heavy atom. The van der Waals surface area contributed by atoms with E-state index in [2.05, 4.69) is 24.5 Å². The van der Waals surface area contributed by atoms with Crippen LogP contribution in [-0.2, 0) is 14.4 Å². The predicted octanol–water partition coefficient (Wildman–Crippen LogP) is 1.04. The minimum atomic E-state index is -0.297. The quantitative estimate of drug-likeness (QED) is 0.578. The summed E-state index contributed by atoms with van der Waals surface area (Å²) in [4.78, 5) is 38.5. The molecule has 4 atom stereocenters. The van der Waals surface area contributed by atoms with E-state index in [1.807, 2.05) is 18.9 Å². The van der Waals surface area contributed by atoms with Crippen molar-refractivity contribution in [3.8, 4) is 0 Å². The van der Waals surface area contributed by atoms with E-state index in [1.165, 1.54) is 0 Å². The molecule has 0 aromatic carbocycles. The standard InChI is InChI=1S/C19H35N3O3/c1-12(2)7-16(21-10-19(25)13(3)20-5)18(24)9-15-8-17(14(4)23)22(6)11-15/h12-13,15-17,20-21H,7-11H2,1-6H3/t13-,15?,16-,17-/m0/s1. The van der Waals surface area contributed by atoms with Crippen LogP contribution in [0.3, 0.4) is 0 Å². The summed E-state index contributed by atoms with van der Waals surface area (Å²) in [7, 11) is 3.69. The lowest BCUT2D eigenvalue weighted by atomic mass is 9.91. The summed E-state index contributed by atoms with van der Waals surface area (Å²) in [5.74, 6) is 0.966. The Morgan fingerprint density at radius 3 is 2.28 bits per heavy atom. The third-order valence-corrected chi connectivity index (χ3v) is 5.13. The number of carbonyl (C=O) groups is 3. The summed E-state index contributed by atoms with van der Waals surface area (Å²) in [5.41, 5.74) is 0. The number of ketones is 3. The van der Waals surface area contributed by atoms with Crippen LogP contribution in [0.4, 0.5) is 0 Å². The molecule has 0 aromatic rings. The Bertz CT molecular complexity index is 479. The van der Waals surface area contributed by atoms with E-state index >= 15 is 0 Å². The van der Waals surface area contributed by atoms with Gasteiger partial charge in [-0.3, -0.25) is 19.3 Å². The maximum absolute atomic E-state index is 12.8. The van der Waals surface area contributed by atoms with Crippen LogP contribution in [0.15, 0.2) is 0 Å². The van der Waals surface area contributed by atoms with Crippen molar-refractivity contribution in [1.29, 1.82) is 0 Å². The van der Waals surface area contributed by atoms with Crippen molar-refractivity contribution >= 4 is 17.3 Å². The van der Waals surface area contributed by atoms with Crippen molar-refractivity contribution in [3.63, 3.8) is 0 Å². The van der Waals surface area contributed by atoms with Gasteiger partial charge in [0.1, 0.15) is 11.6 Å². The fourth-order valence-corrected chi connectivity index (χ4v) is 3.49. The van der Waals surface area contributed by atoms with Crippen LogP contribution in [0.5, 0.6) is 0 Å². The highest BCUT2D eigenvalue weighted by molar-refractivity contribution is 5.88. The zero-order chi connectivity index (χ0) is 19.1. The van der Waals surface area contributed by atoms with Crippen molar-refractivity contribution in [2.45, 2.75) is 65.1 Å². The molecule has 6 nitrogen and oxygen atoms in total. The summed E-state index contributed by atoms with van der Waals surface area (Å²) < 4.78 is 0. The molecule has 25 heavy (non-hydrogen) atoms. The lowest BCUT2D eigenvalue weighted by Crippen LogP contribution is -2.45. The molecule has 6 heteroatoms. The van der Waals surface area contributed by atoms with Crippen LogP contribution in [-0.4, -0.2) is 67.6 Å². The monoisotopic (exact) mass is 353 g/mol. The van der Waals surface area contributed by atoms with E-state index in [0.29, 0.717) is 12.3 Å². The number of nitrogens with zero attached hydrogens (tertiary/aromatic N) is 1. The van der Waals surface area contributed by atoms with Gasteiger partial charge in [-0.1, -0.05) is 13.8 Å². The molecule has 0 radical (unpaired) electrons. The normalized spacial score (nSPS) is 23.6. The van der Waals surface area contributed by atoms with Crippen LogP contribution in [0.1, 0.15) is 47.0 Å². The van der Waals surface area contributed by atoms with Gasteiger partial charge in [0.25, 0.3) is 0 Å². The number of nitrogens with one attached hydrogen (secondary N) is 2. The average molecular weight is 354 g/mol. The summed E-state index contributed by atoms with van der Waals surface area (Å²) >= 11 is 0. The average Bonchev–Trinajstić information content (AvgIpc) is 2.90. The number of hydrogen-bond donors (Lipinski definition) is 2. The van der Waals surface area contributed by atoms with E-state index in [-0.39, 0.29) is 47.9 Å². The maximum atomic E-state index is 12.8. The summed E-state index contributed by atoms with van der Waals surface area (Å²) in [6, 6.07) is -0.579. The fraction of sp³-hybridized carbons (Fsp3) is 0.842. The molecule has 1 heterocycles. The number of hydrogen-bond acceptors (Lipinski definition) is 6. The molecular formula is C19H35N3O3. The molecule has 144 valence electrons. The topological polar surface area (TPSA) is 78.5 Å². The lowest BCUT2D eigenvalue weighted by molar-refractivity contribution is -0.124. The fourth-order valence-electron chi connectivity index (χ4n) is 3.49. The van der Waals surface area contributed by atoms with Gasteiger partial charge < -0.3 is 10.6 Å². The van der Waals surface area contributed by atoms with Gasteiger partial charge in [0.15, 0.2) is 5.78 Å². The molecule has 1 rings (SSSR count). The number of rotatable bonds is 11. The molecule has 1 unspecified atom stereocenters. The van der Waals surface area contributed by atoms with Crippen LogP contribution in [0.2, 0.25) is 0 Å². The third-order valence-electron chi connectivity index (χ3n) is 5.13. The molecule has 0 amide bonds. The molecule has 0 spiro atoms. The number of likely N-dealkylation sites (tertiary alicyclic amines) is 1. The smallest absolute Gasteiger partial charge is 0.163 e. The largest absolute Gasteiger partial charge is 0.311 e. The van der Waals surface area contributed by atoms with Crippen LogP contribution in [0, 0.1) is 11.8 Å². The SMILES string of the molecule is CN[C@@H](C)C(=O)CN[C@@H](CC(C)C)C(=O)CC1C[C@@H](C(C)=O)N(C)C1. The van der Waals surface area contributed by atoms with Gasteiger partial charge in [-0.2, -0.15) is 0 Å². The Hall–Kier alpha value is -1.11. The number of Topliss-reactive ketones (excluding diaryl/α,β-unsaturated/α-hetero) is 3. The van der Waals surface area contributed by atoms with E-state index in [9.17, 15) is 14.4 Å². The Balaban J connectivity index is 2.62. The highest BCUT2D eigenvalue weighted by Gasteiger charge is 2.34. The van der Waals surface area contributed by atoms with Crippen LogP contribution < -0.4 is 10.6 Å². The van der Waals surface area contributed by atoms with Crippen molar-refractivity contribution in [2.24, 2.45) is 11.8 Å². The zero-order valence-corrected chi connectivity index (χ0v) is 16.6. The zero-order valence-electron chi connectivity index (χ0n) is 16.6. The van der Waals surface area contributed by atoms with Crippen LogP contribution in [0.25, 0.3) is 0 Å². The highest BCUT2D eigenvalue weighted by atomic mass is 16.1. The van der Waals surface area contributed by atoms with Gasteiger partial charge in [0.2, 0.25) is 0 Å². The number of likely N-dealkylation sites (N-methyl/N-ethyl adjacent to an activating group) is 2. The molecule has 1 aliphatic heterocycles. The summed E-state index contributed by atoms with van der Waals surface area (Å²) in [5, 5.41) is 6.09. The highest BCUT2D eigenvalue weighted by Crippen LogP contribution is 2.26. The van der Waals surface area contributed by atoms with Crippen molar-refractivity contribution in [2.75, 3.05) is 27.2 Å². The van der Waals surface area contributed by atoms with Crippen LogP contribution >= 0.6 is 0 Å². The second-order valence-corrected chi connectivity index (χ2v) is 7.88. The molecule has 0 saturated carbocycles. The first-order valence-corrected chi connectivity index (χ1v) is 9.32. The molecule has 0 aliphatic carbocycles. The molecule has 0 aromatic heterocycles. The molecule has 1 fully saturated rings. The second kappa shape index (κ2) is 10.1. The van der Waals surface area contributed by atoms with Gasteiger partial charge in [0.05, 0.1) is 24.7 Å². The first-order chi connectivity index (χ1) is 11.6. The van der Waals surface area contributed by atoms with Crippen molar-refractivity contribution in [3.05, 3.63) is 0 Å². The van der Waals surface area contributed by atoms with Gasteiger partial charge in [-0.05, 0) is 52.6 Å². The lowest BCUT2D eigenvalue weighted by Gasteiger charge is -2.21. The minimum absolute atomic E-state index is 0.0568. The van der Waals surface area contributed by atoms with E-state index < -0.39 is 0 Å². The molecule has 1 aliphatic rings. The van der Waals surface area contributed by atoms with Gasteiger partial charge in [-0.15, -0.1) is 0 Å². The van der Waals surface area contributed by atoms with Gasteiger partial charge in [0, 0.05) is 13.0 Å². The number of carbonyl (C=O) groups excluding carboxylic acids is 3. The second-order valence-electron chi connectivity index (χ2n) is 7.88. The first-order valence-electron chi connectivity index (χ1n) is 9.32. The van der Waals surface area contributed by atoms with Gasteiger partial charge in [-0.25, -0.2) is 0 Å². The molecule has 0 bridgehead atoms. The Labute approximate surface area is 152 Å². The minimum Gasteiger partial charge on any atom is -0.311 e. The summed E-state index contributed by atoms with van der Waals surface area (Å²) in [6.45, 7) is 8.57. The predicted molar refractivity (Wildman–Crippen MR) is 99.6 cm³/mol. The van der Waals surface area contributed by atoms with E-state index in [0.717, 1.165) is 19.4 Å². The molecular weight excluding hydrogens is 318 g/mol. The Kier molecular flexibility index (Phi) is 8.89. The maximum Gasteiger partial charge on any atom is 0.163 e. The molecule has 1 saturated heterocycles. The van der Waals surface area contributed by atoms with E-state index in [4.69, 9.17) is 0 Å². The Morgan fingerprint density at radius 1 is 1.16 bits per heavy atom. The third kappa shape index (κ3) is 6.96. The molecule has 2 N–H and O–H groups in total. The van der Waals surface area contributed by atoms with Crippen molar-refractivity contribution < 1.29 is 14.4 Å². The van der Waals surface area contributed by atoms with Crippen molar-refractivity contribution in [1.82, 2.24) is 15.5 Å².